The van der Waals surface area contributed by atoms with Crippen LogP contribution in [0.4, 0.5) is 11.4 Å². The molecule has 0 aliphatic rings. The molecule has 1 aromatic carbocycles. The number of amides is 1. The summed E-state index contributed by atoms with van der Waals surface area (Å²) >= 11 is 0. The van der Waals surface area contributed by atoms with Crippen LogP contribution in [0.2, 0.25) is 0 Å². The quantitative estimate of drug-likeness (QED) is 0.805. The highest BCUT2D eigenvalue weighted by molar-refractivity contribution is 5.91. The van der Waals surface area contributed by atoms with Gasteiger partial charge in [0, 0.05) is 31.9 Å². The topological polar surface area (TPSA) is 58.4 Å². The molecule has 1 rings (SSSR count). The number of nitrogens with zero attached hydrogens (tertiary/aromatic N) is 1. The van der Waals surface area contributed by atoms with E-state index in [2.05, 4.69) is 18.3 Å². The molecule has 1 unspecified atom stereocenters. The maximum Gasteiger partial charge on any atom is 0.224 e. The molecule has 0 spiro atoms. The van der Waals surface area contributed by atoms with Crippen LogP contribution in [0, 0.1) is 12.8 Å². The molecule has 4 nitrogen and oxygen atoms in total. The standard InChI is InChI=1S/C16H27N3O/c1-12(9-10-17)5-8-16(20)18-15-7-6-14(19(3)4)11-13(15)2/h6-7,11-12H,5,8-10,17H2,1-4H3,(H,18,20). The molecule has 0 aromatic heterocycles. The van der Waals surface area contributed by atoms with Crippen molar-refractivity contribution in [3.63, 3.8) is 0 Å². The van der Waals surface area contributed by atoms with Gasteiger partial charge in [0.15, 0.2) is 0 Å². The Labute approximate surface area is 122 Å². The van der Waals surface area contributed by atoms with Crippen molar-refractivity contribution in [2.45, 2.75) is 33.1 Å². The second-order valence-electron chi connectivity index (χ2n) is 5.66. The van der Waals surface area contributed by atoms with Crippen molar-refractivity contribution in [2.75, 3.05) is 30.9 Å². The Morgan fingerprint density at radius 1 is 1.35 bits per heavy atom. The van der Waals surface area contributed by atoms with E-state index in [4.69, 9.17) is 5.73 Å². The number of aryl methyl sites for hydroxylation is 1. The van der Waals surface area contributed by atoms with Crippen LogP contribution in [0.25, 0.3) is 0 Å². The van der Waals surface area contributed by atoms with E-state index in [-0.39, 0.29) is 5.91 Å². The number of carbonyl (C=O) groups excluding carboxylic acids is 1. The number of carbonyl (C=O) groups is 1. The van der Waals surface area contributed by atoms with Crippen molar-refractivity contribution in [2.24, 2.45) is 11.7 Å². The fourth-order valence-electron chi connectivity index (χ4n) is 2.09. The number of hydrogen-bond acceptors (Lipinski definition) is 3. The lowest BCUT2D eigenvalue weighted by molar-refractivity contribution is -0.116. The molecule has 0 aliphatic carbocycles. The minimum Gasteiger partial charge on any atom is -0.378 e. The molecule has 0 radical (unpaired) electrons. The SMILES string of the molecule is Cc1cc(N(C)C)ccc1NC(=O)CCC(C)CCN. The summed E-state index contributed by atoms with van der Waals surface area (Å²) in [6, 6.07) is 6.05. The first-order valence-electron chi connectivity index (χ1n) is 7.22. The van der Waals surface area contributed by atoms with Crippen LogP contribution < -0.4 is 16.0 Å². The number of nitrogens with two attached hydrogens (primary N) is 1. The molecular formula is C16H27N3O. The number of hydrogen-bond donors (Lipinski definition) is 2. The third kappa shape index (κ3) is 5.21. The van der Waals surface area contributed by atoms with Crippen molar-refractivity contribution in [1.29, 1.82) is 0 Å². The molecule has 0 saturated heterocycles. The second-order valence-corrected chi connectivity index (χ2v) is 5.66. The lowest BCUT2D eigenvalue weighted by atomic mass is 10.0. The zero-order valence-corrected chi connectivity index (χ0v) is 13.1. The normalized spacial score (nSPS) is 12.1. The fraction of sp³-hybridized carbons (Fsp3) is 0.562. The van der Waals surface area contributed by atoms with E-state index in [0.29, 0.717) is 18.9 Å². The average molecular weight is 277 g/mol. The highest BCUT2D eigenvalue weighted by atomic mass is 16.1. The van der Waals surface area contributed by atoms with E-state index in [1.54, 1.807) is 0 Å². The number of rotatable bonds is 7. The summed E-state index contributed by atoms with van der Waals surface area (Å²) in [6.45, 7) is 4.84. The molecule has 0 saturated carbocycles. The van der Waals surface area contributed by atoms with Gasteiger partial charge in [-0.25, -0.2) is 0 Å². The minimum atomic E-state index is 0.0783. The van der Waals surface area contributed by atoms with E-state index in [9.17, 15) is 4.79 Å². The van der Waals surface area contributed by atoms with E-state index < -0.39 is 0 Å². The zero-order valence-electron chi connectivity index (χ0n) is 13.1. The highest BCUT2D eigenvalue weighted by Gasteiger charge is 2.08. The fourth-order valence-corrected chi connectivity index (χ4v) is 2.09. The first kappa shape index (κ1) is 16.5. The second kappa shape index (κ2) is 7.90. The third-order valence-corrected chi connectivity index (χ3v) is 3.52. The van der Waals surface area contributed by atoms with E-state index >= 15 is 0 Å². The molecule has 112 valence electrons. The first-order valence-corrected chi connectivity index (χ1v) is 7.22. The van der Waals surface area contributed by atoms with Gasteiger partial charge < -0.3 is 16.0 Å². The number of anilines is 2. The van der Waals surface area contributed by atoms with Crippen LogP contribution in [0.5, 0.6) is 0 Å². The van der Waals surface area contributed by atoms with Gasteiger partial charge in [-0.15, -0.1) is 0 Å². The Morgan fingerprint density at radius 2 is 2.05 bits per heavy atom. The Hall–Kier alpha value is -1.55. The van der Waals surface area contributed by atoms with Crippen molar-refractivity contribution < 1.29 is 4.79 Å². The highest BCUT2D eigenvalue weighted by Crippen LogP contribution is 2.21. The number of benzene rings is 1. The largest absolute Gasteiger partial charge is 0.378 e. The molecule has 4 heteroatoms. The maximum absolute atomic E-state index is 11.9. The summed E-state index contributed by atoms with van der Waals surface area (Å²) in [6.07, 6.45) is 2.41. The average Bonchev–Trinajstić information content (AvgIpc) is 2.39. The molecule has 20 heavy (non-hydrogen) atoms. The predicted octanol–water partition coefficient (Wildman–Crippen LogP) is 2.76. The van der Waals surface area contributed by atoms with Crippen molar-refractivity contribution in [3.05, 3.63) is 23.8 Å². The Bertz CT molecular complexity index is 443. The summed E-state index contributed by atoms with van der Waals surface area (Å²) in [4.78, 5) is 14.0. The van der Waals surface area contributed by atoms with Crippen LogP contribution in [-0.2, 0) is 4.79 Å². The van der Waals surface area contributed by atoms with Crippen molar-refractivity contribution >= 4 is 17.3 Å². The van der Waals surface area contributed by atoms with Crippen molar-refractivity contribution in [1.82, 2.24) is 0 Å². The molecule has 1 aromatic rings. The van der Waals surface area contributed by atoms with Crippen LogP contribution in [0.3, 0.4) is 0 Å². The number of nitrogens with one attached hydrogen (secondary N) is 1. The summed E-state index contributed by atoms with van der Waals surface area (Å²) < 4.78 is 0. The lowest BCUT2D eigenvalue weighted by Crippen LogP contribution is -2.15. The molecule has 1 amide bonds. The summed E-state index contributed by atoms with van der Waals surface area (Å²) in [5.74, 6) is 0.581. The van der Waals surface area contributed by atoms with Gasteiger partial charge in [0.1, 0.15) is 0 Å². The molecular weight excluding hydrogens is 250 g/mol. The molecule has 0 heterocycles. The van der Waals surface area contributed by atoms with Crippen LogP contribution in [-0.4, -0.2) is 26.5 Å². The van der Waals surface area contributed by atoms with Gasteiger partial charge >= 0.3 is 0 Å². The van der Waals surface area contributed by atoms with Gasteiger partial charge in [-0.2, -0.15) is 0 Å². The summed E-state index contributed by atoms with van der Waals surface area (Å²) in [5, 5.41) is 2.99. The smallest absolute Gasteiger partial charge is 0.224 e. The molecule has 1 atom stereocenters. The van der Waals surface area contributed by atoms with Gasteiger partial charge in [-0.1, -0.05) is 6.92 Å². The van der Waals surface area contributed by atoms with Crippen molar-refractivity contribution in [3.8, 4) is 0 Å². The van der Waals surface area contributed by atoms with Crippen LogP contribution in [0.15, 0.2) is 18.2 Å². The Kier molecular flexibility index (Phi) is 6.52. The zero-order chi connectivity index (χ0) is 15.1. The lowest BCUT2D eigenvalue weighted by Gasteiger charge is -2.16. The van der Waals surface area contributed by atoms with Crippen LogP contribution in [0.1, 0.15) is 31.7 Å². The molecule has 0 aliphatic heterocycles. The molecule has 3 N–H and O–H groups in total. The van der Waals surface area contributed by atoms with Gasteiger partial charge in [0.05, 0.1) is 0 Å². The predicted molar refractivity (Wildman–Crippen MR) is 86.2 cm³/mol. The van der Waals surface area contributed by atoms with E-state index in [1.807, 2.05) is 38.1 Å². The minimum absolute atomic E-state index is 0.0783. The van der Waals surface area contributed by atoms with Crippen LogP contribution >= 0.6 is 0 Å². The first-order chi connectivity index (χ1) is 9.43. The van der Waals surface area contributed by atoms with E-state index in [0.717, 1.165) is 29.8 Å². The Balaban J connectivity index is 2.54. The third-order valence-electron chi connectivity index (χ3n) is 3.52. The van der Waals surface area contributed by atoms with Gasteiger partial charge in [-0.05, 0) is 56.0 Å². The van der Waals surface area contributed by atoms with Gasteiger partial charge in [0.2, 0.25) is 5.91 Å². The van der Waals surface area contributed by atoms with Gasteiger partial charge in [-0.3, -0.25) is 4.79 Å². The van der Waals surface area contributed by atoms with E-state index in [1.165, 1.54) is 0 Å². The summed E-state index contributed by atoms with van der Waals surface area (Å²) in [7, 11) is 4.01. The monoisotopic (exact) mass is 277 g/mol. The molecule has 0 fully saturated rings. The Morgan fingerprint density at radius 3 is 2.60 bits per heavy atom. The molecule has 0 bridgehead atoms. The van der Waals surface area contributed by atoms with Gasteiger partial charge in [0.25, 0.3) is 0 Å². The maximum atomic E-state index is 11.9. The summed E-state index contributed by atoms with van der Waals surface area (Å²) in [5.41, 5.74) is 8.63.